The highest BCUT2D eigenvalue weighted by Crippen LogP contribution is 2.56. The van der Waals surface area contributed by atoms with Crippen molar-refractivity contribution in [1.82, 2.24) is 9.97 Å². The van der Waals surface area contributed by atoms with Crippen LogP contribution in [0.3, 0.4) is 0 Å². The first-order valence-electron chi connectivity index (χ1n) is 36.1. The maximum Gasteiger partial charge on any atom is 0.337 e. The fourth-order valence-electron chi connectivity index (χ4n) is 20.2. The number of fused-ring (bicyclic) bond motifs is 4. The third-order valence-corrected chi connectivity index (χ3v) is 25.1. The second kappa shape index (κ2) is 24.8. The van der Waals surface area contributed by atoms with Crippen LogP contribution in [0.2, 0.25) is 0 Å². The Morgan fingerprint density at radius 2 is 0.562 bits per heavy atom. The molecule has 0 saturated heterocycles. The lowest BCUT2D eigenvalue weighted by Gasteiger charge is -2.37. The molecule has 9 aliphatic carbocycles. The lowest BCUT2D eigenvalue weighted by atomic mass is 9.66. The van der Waals surface area contributed by atoms with Crippen molar-refractivity contribution in [1.29, 1.82) is 0 Å². The number of aromatic nitrogens is 2. The molecular formula is C84H86N4O8. The Morgan fingerprint density at radius 3 is 0.844 bits per heavy atom. The van der Waals surface area contributed by atoms with Crippen LogP contribution >= 0.6 is 0 Å². The van der Waals surface area contributed by atoms with E-state index in [9.17, 15) is 19.2 Å². The molecule has 4 fully saturated rings. The molecule has 8 atom stereocenters. The summed E-state index contributed by atoms with van der Waals surface area (Å²) in [6.45, 7) is 0. The number of carbonyl (C=O) groups excluding carboxylic acids is 4. The van der Waals surface area contributed by atoms with E-state index in [2.05, 4.69) is 58.5 Å². The number of nitrogens with one attached hydrogen (secondary N) is 2. The highest BCUT2D eigenvalue weighted by molar-refractivity contribution is 6.35. The Balaban J connectivity index is 1.08. The highest BCUT2D eigenvalue weighted by Gasteiger charge is 2.46. The van der Waals surface area contributed by atoms with Gasteiger partial charge in [-0.3, -0.25) is 0 Å². The highest BCUT2D eigenvalue weighted by atomic mass is 16.5. The summed E-state index contributed by atoms with van der Waals surface area (Å²) in [7, 11) is 5.79. The molecule has 12 heteroatoms. The van der Waals surface area contributed by atoms with E-state index in [1.165, 1.54) is 176 Å². The number of benzene rings is 4. The van der Waals surface area contributed by atoms with Gasteiger partial charge in [-0.15, -0.1) is 0 Å². The van der Waals surface area contributed by atoms with Crippen molar-refractivity contribution in [3.05, 3.63) is 220 Å². The minimum Gasteiger partial charge on any atom is -0.465 e. The number of carbonyl (C=O) groups is 4. The fourth-order valence-corrected chi connectivity index (χ4v) is 20.2. The molecule has 0 radical (unpaired) electrons. The summed E-state index contributed by atoms with van der Waals surface area (Å²) in [5, 5.41) is 2.14. The van der Waals surface area contributed by atoms with E-state index < -0.39 is 0 Å². The molecule has 11 aliphatic rings. The number of ether oxygens (including phenoxy) is 4. The quantitative estimate of drug-likeness (QED) is 0.112. The van der Waals surface area contributed by atoms with Crippen LogP contribution in [-0.2, 0) is 44.6 Å². The van der Waals surface area contributed by atoms with E-state index in [0.717, 1.165) is 141 Å². The van der Waals surface area contributed by atoms with Gasteiger partial charge in [0.15, 0.2) is 0 Å². The summed E-state index contributed by atoms with van der Waals surface area (Å²) in [5.41, 5.74) is 26.6. The van der Waals surface area contributed by atoms with Gasteiger partial charge in [-0.2, -0.15) is 0 Å². The van der Waals surface area contributed by atoms with Gasteiger partial charge >= 0.3 is 23.9 Å². The average Bonchev–Trinajstić information content (AvgIpc) is 1.55. The fraction of sp³-hybridized carbons (Fsp3) is 0.429. The largest absolute Gasteiger partial charge is 0.465 e. The zero-order valence-corrected chi connectivity index (χ0v) is 56.0. The monoisotopic (exact) mass is 1280 g/mol. The van der Waals surface area contributed by atoms with Gasteiger partial charge in [-0.1, -0.05) is 99.9 Å². The Morgan fingerprint density at radius 1 is 0.312 bits per heavy atom. The number of hydrogen-bond acceptors (Lipinski definition) is 10. The number of aliphatic imine (C=N–C) groups is 2. The standard InChI is InChI=1S/C84H86N4O8/c1-93-81(89)49-29-21-45(22-30-49)69-73-61-37-53-13-5-7-15-55(53)39-63(61)75(85-73)70(46-23-31-50(32-24-46)82(90)94-2)77-65-41-57-17-9-11-19-59(57)43-67(65)79(87-77)72(48-27-35-52(36-28-48)84(92)96-4)80-68-44-60-20-12-10-18-58(60)42-66(68)78(88-80)71(47-25-33-51(34-26-47)83(91)95-3)76-64-40-56-16-8-6-14-54(56)38-62(64)74(69)86-76/h21-36,53-60,85,88H,5-20,37-44H2,1-4H3. The van der Waals surface area contributed by atoms with Gasteiger partial charge < -0.3 is 28.9 Å². The smallest absolute Gasteiger partial charge is 0.337 e. The van der Waals surface area contributed by atoms with Crippen LogP contribution in [0.1, 0.15) is 226 Å². The van der Waals surface area contributed by atoms with Crippen molar-refractivity contribution in [2.24, 2.45) is 57.3 Å². The van der Waals surface area contributed by atoms with E-state index >= 15 is 0 Å². The summed E-state index contributed by atoms with van der Waals surface area (Å²) in [4.78, 5) is 75.7. The number of hydrogen-bond donors (Lipinski definition) is 2. The van der Waals surface area contributed by atoms with E-state index in [-0.39, 0.29) is 23.9 Å². The number of H-pyrrole nitrogens is 2. The Kier molecular flexibility index (Phi) is 15.7. The molecule has 4 saturated carbocycles. The SMILES string of the molecule is COC(=O)c1ccc(C2=C3N=C(C4=C3CC3CCCCC3C4)C(c3ccc(C(=O)OC)cc3)=c3[nH]c(c4c3CC3CCCCC3C4)=C(c3ccc(C(=O)OC)cc3)C3=NC(=C(c4ccc(C(=O)OC)cc4)c4[nH]c2c2c4CC4CCCCC4C2)C2=C3CC3CCCCC3C2)cc1. The van der Waals surface area contributed by atoms with Gasteiger partial charge in [-0.25, -0.2) is 29.2 Å². The number of methoxy groups -OCH3 is 4. The molecule has 8 bridgehead atoms. The van der Waals surface area contributed by atoms with Gasteiger partial charge in [0.25, 0.3) is 0 Å². The minimum atomic E-state index is -0.381. The number of aromatic amines is 2. The van der Waals surface area contributed by atoms with Crippen LogP contribution in [0.5, 0.6) is 0 Å². The van der Waals surface area contributed by atoms with Crippen LogP contribution in [-0.4, -0.2) is 73.7 Å². The molecular weight excluding hydrogens is 1190 g/mol. The van der Waals surface area contributed by atoms with E-state index in [1.807, 2.05) is 48.5 Å². The van der Waals surface area contributed by atoms with Crippen molar-refractivity contribution in [2.45, 2.75) is 154 Å². The van der Waals surface area contributed by atoms with Crippen LogP contribution < -0.4 is 10.7 Å². The van der Waals surface area contributed by atoms with Crippen molar-refractivity contribution in [2.75, 3.05) is 28.4 Å². The third kappa shape index (κ3) is 10.3. The van der Waals surface area contributed by atoms with Crippen molar-refractivity contribution in [3.8, 4) is 0 Å². The molecule has 490 valence electrons. The zero-order valence-electron chi connectivity index (χ0n) is 56.0. The molecule has 4 aromatic carbocycles. The van der Waals surface area contributed by atoms with Crippen molar-refractivity contribution in [3.63, 3.8) is 0 Å². The molecule has 0 amide bonds. The molecule has 2 N–H and O–H groups in total. The lowest BCUT2D eigenvalue weighted by molar-refractivity contribution is 0.0592. The molecule has 4 heterocycles. The van der Waals surface area contributed by atoms with Gasteiger partial charge in [0.05, 0.1) is 95.6 Å². The van der Waals surface area contributed by atoms with Crippen molar-refractivity contribution < 1.29 is 38.1 Å². The molecule has 17 rings (SSSR count). The Bertz CT molecular complexity index is 4290. The van der Waals surface area contributed by atoms with E-state index in [1.54, 1.807) is 0 Å². The Labute approximate surface area is 562 Å². The summed E-state index contributed by atoms with van der Waals surface area (Å²) in [5.74, 6) is 2.45. The molecule has 12 nitrogen and oxygen atoms in total. The molecule has 8 unspecified atom stereocenters. The first-order valence-corrected chi connectivity index (χ1v) is 36.1. The van der Waals surface area contributed by atoms with Crippen LogP contribution in [0, 0.1) is 47.3 Å². The van der Waals surface area contributed by atoms with Crippen LogP contribution in [0.15, 0.2) is 141 Å². The summed E-state index contributed by atoms with van der Waals surface area (Å²) in [6, 6.07) is 32.5. The molecule has 2 aliphatic heterocycles. The topological polar surface area (TPSA) is 161 Å². The number of allylic oxidation sites excluding steroid dienone is 4. The van der Waals surface area contributed by atoms with Gasteiger partial charge in [-0.05, 0) is 265 Å². The number of esters is 4. The number of rotatable bonds is 8. The maximum atomic E-state index is 13.5. The number of nitrogens with zero attached hydrogens (tertiary/aromatic N) is 2. The van der Waals surface area contributed by atoms with Gasteiger partial charge in [0, 0.05) is 22.3 Å². The molecule has 6 aromatic rings. The van der Waals surface area contributed by atoms with E-state index in [0.29, 0.717) is 69.6 Å². The van der Waals surface area contributed by atoms with Gasteiger partial charge in [0.2, 0.25) is 0 Å². The third-order valence-electron chi connectivity index (χ3n) is 25.1. The maximum absolute atomic E-state index is 13.5. The molecule has 0 spiro atoms. The van der Waals surface area contributed by atoms with Crippen molar-refractivity contribution >= 4 is 57.6 Å². The minimum absolute atomic E-state index is 0.381. The summed E-state index contributed by atoms with van der Waals surface area (Å²) < 4.78 is 21.5. The first kappa shape index (κ1) is 61.0. The summed E-state index contributed by atoms with van der Waals surface area (Å²) in [6.07, 6.45) is 26.3. The van der Waals surface area contributed by atoms with E-state index in [4.69, 9.17) is 28.9 Å². The average molecular weight is 1280 g/mol. The predicted molar refractivity (Wildman–Crippen MR) is 373 cm³/mol. The van der Waals surface area contributed by atoms with Gasteiger partial charge in [0.1, 0.15) is 0 Å². The first-order chi connectivity index (χ1) is 47.0. The van der Waals surface area contributed by atoms with Crippen LogP contribution in [0.4, 0.5) is 0 Å². The second-order valence-corrected chi connectivity index (χ2v) is 29.8. The lowest BCUT2D eigenvalue weighted by Crippen LogP contribution is -2.33. The zero-order chi connectivity index (χ0) is 65.0. The second-order valence-electron chi connectivity index (χ2n) is 29.8. The molecule has 96 heavy (non-hydrogen) atoms. The predicted octanol–water partition coefficient (Wildman–Crippen LogP) is 15.6. The normalized spacial score (nSPS) is 25.6. The van der Waals surface area contributed by atoms with Crippen LogP contribution in [0.25, 0.3) is 22.3 Å². The molecule has 2 aromatic heterocycles. The summed E-state index contributed by atoms with van der Waals surface area (Å²) >= 11 is 0. The Hall–Kier alpha value is -8.64.